The molecule has 0 aromatic carbocycles. The lowest BCUT2D eigenvalue weighted by atomic mass is 9.70. The summed E-state index contributed by atoms with van der Waals surface area (Å²) in [7, 11) is -1.83. The number of hydrogen-bond donors (Lipinski definition) is 0. The Balaban J connectivity index is 1.99. The Morgan fingerprint density at radius 3 is 2.64 bits per heavy atom. The third kappa shape index (κ3) is 1.89. The maximum absolute atomic E-state index is 13.4. The van der Waals surface area contributed by atoms with E-state index in [0.29, 0.717) is 5.92 Å². The van der Waals surface area contributed by atoms with Crippen molar-refractivity contribution in [3.05, 3.63) is 0 Å². The Kier molecular flexibility index (Phi) is 3.70. The lowest BCUT2D eigenvalue weighted by molar-refractivity contribution is -0.206. The second kappa shape index (κ2) is 4.89. The van der Waals surface area contributed by atoms with Gasteiger partial charge >= 0.3 is 5.97 Å². The third-order valence-corrected chi connectivity index (χ3v) is 9.39. The largest absolute Gasteiger partial charge is 0.641 e. The summed E-state index contributed by atoms with van der Waals surface area (Å²) >= 11 is 0. The highest BCUT2D eigenvalue weighted by Gasteiger charge is 2.76. The number of hydrogen-bond acceptors (Lipinski definition) is 5. The molecule has 3 aliphatic rings. The number of rotatable bonds is 3. The van der Waals surface area contributed by atoms with Gasteiger partial charge in [0.1, 0.15) is 6.10 Å². The van der Waals surface area contributed by atoms with Crippen LogP contribution in [0.15, 0.2) is 0 Å². The van der Waals surface area contributed by atoms with Gasteiger partial charge in [-0.3, -0.25) is 0 Å². The predicted octanol–water partition coefficient (Wildman–Crippen LogP) is 2.22. The topological polar surface area (TPSA) is 61.8 Å². The van der Waals surface area contributed by atoms with Gasteiger partial charge in [0.05, 0.1) is 13.2 Å². The van der Waals surface area contributed by atoms with Gasteiger partial charge in [0.25, 0.3) is 0 Å². The molecule has 6 heteroatoms. The van der Waals surface area contributed by atoms with Crippen LogP contribution in [0.2, 0.25) is 0 Å². The zero-order valence-electron chi connectivity index (χ0n) is 14.5. The van der Waals surface area contributed by atoms with Crippen LogP contribution in [0.3, 0.4) is 0 Å². The molecule has 0 amide bonds. The molecule has 22 heavy (non-hydrogen) atoms. The normalized spacial score (nSPS) is 46.3. The minimum Gasteiger partial charge on any atom is -0.641 e. The van der Waals surface area contributed by atoms with E-state index < -0.39 is 13.8 Å². The summed E-state index contributed by atoms with van der Waals surface area (Å²) < 4.78 is 12.9. The van der Waals surface area contributed by atoms with E-state index in [9.17, 15) is 9.69 Å². The van der Waals surface area contributed by atoms with Gasteiger partial charge in [0.15, 0.2) is 14.0 Å². The molecule has 2 saturated carbocycles. The zero-order valence-corrected chi connectivity index (χ0v) is 15.4. The van der Waals surface area contributed by atoms with E-state index in [0.717, 1.165) is 12.8 Å². The average Bonchev–Trinajstić information content (AvgIpc) is 2.88. The summed E-state index contributed by atoms with van der Waals surface area (Å²) in [5.74, 6) is 0.0177. The van der Waals surface area contributed by atoms with Crippen LogP contribution < -0.4 is 4.89 Å². The lowest BCUT2D eigenvalue weighted by Gasteiger charge is -2.41. The van der Waals surface area contributed by atoms with Crippen molar-refractivity contribution < 1.29 is 18.9 Å². The van der Waals surface area contributed by atoms with E-state index in [1.807, 2.05) is 18.5 Å². The summed E-state index contributed by atoms with van der Waals surface area (Å²) in [5.41, 5.74) is 0.198. The number of esters is 1. The number of methoxy groups -OCH3 is 1. The summed E-state index contributed by atoms with van der Waals surface area (Å²) in [5, 5.41) is 0. The minimum atomic E-state index is -3.16. The Hall–Kier alpha value is -0.220. The third-order valence-electron chi connectivity index (χ3n) is 6.75. The molecule has 2 aliphatic carbocycles. The number of nitrogens with zero attached hydrogens (tertiary/aromatic N) is 1. The Bertz CT molecular complexity index is 497. The molecule has 3 rings (SSSR count). The van der Waals surface area contributed by atoms with Crippen LogP contribution in [0.5, 0.6) is 0 Å². The minimum absolute atomic E-state index is 0.0255. The molecule has 0 aromatic heterocycles. The van der Waals surface area contributed by atoms with Crippen LogP contribution in [0.25, 0.3) is 0 Å². The summed E-state index contributed by atoms with van der Waals surface area (Å²) in [6, 6.07) is 0.244. The molecule has 0 radical (unpaired) electrons. The van der Waals surface area contributed by atoms with E-state index in [4.69, 9.17) is 9.26 Å². The van der Waals surface area contributed by atoms with Gasteiger partial charge < -0.3 is 9.63 Å². The maximum Gasteiger partial charge on any atom is 0.347 e. The van der Waals surface area contributed by atoms with Crippen LogP contribution in [-0.2, 0) is 14.1 Å². The standard InChI is InChI=1S/C16H28NO4P/c1-10(2)17-13-11-7-8-16(5,15(11,3)4)14(13)21-22(17,19)9-12(18)20-6/h10-11,13-14H,7-9H2,1-6H3/t11-,13-,14-,16+,22?/m1/s1. The van der Waals surface area contributed by atoms with Crippen molar-refractivity contribution in [1.29, 1.82) is 0 Å². The lowest BCUT2D eigenvalue weighted by Crippen LogP contribution is -2.46. The van der Waals surface area contributed by atoms with Crippen LogP contribution >= 0.6 is 7.87 Å². The first-order valence-corrected chi connectivity index (χ1v) is 9.98. The SMILES string of the molecule is COC(=O)C[P+]1([O-])O[C@@H]2[C@@H]([C@H]3CC[C@]2(C)C3(C)C)N1C(C)C. The van der Waals surface area contributed by atoms with Gasteiger partial charge in [-0.05, 0) is 38.0 Å². The molecule has 1 heterocycles. The van der Waals surface area contributed by atoms with E-state index >= 15 is 0 Å². The molecule has 3 fully saturated rings. The number of ether oxygens (including phenoxy) is 1. The number of fused-ring (bicyclic) bond motifs is 5. The molecular weight excluding hydrogens is 301 g/mol. The fraction of sp³-hybridized carbons (Fsp3) is 0.938. The summed E-state index contributed by atoms with van der Waals surface area (Å²) in [4.78, 5) is 25.2. The first kappa shape index (κ1) is 16.6. The molecule has 126 valence electrons. The average molecular weight is 329 g/mol. The molecule has 1 aliphatic heterocycles. The van der Waals surface area contributed by atoms with E-state index in [1.54, 1.807) is 0 Å². The van der Waals surface area contributed by atoms with E-state index in [2.05, 4.69) is 20.8 Å². The molecule has 0 aromatic rings. The van der Waals surface area contributed by atoms with Gasteiger partial charge in [-0.2, -0.15) is 0 Å². The summed E-state index contributed by atoms with van der Waals surface area (Å²) in [6.07, 6.45) is 2.07. The number of carbonyl (C=O) groups is 1. The Morgan fingerprint density at radius 2 is 2.09 bits per heavy atom. The Labute approximate surface area is 133 Å². The number of carbonyl (C=O) groups excluding carboxylic acids is 1. The van der Waals surface area contributed by atoms with Gasteiger partial charge in [0.2, 0.25) is 0 Å². The van der Waals surface area contributed by atoms with Crippen LogP contribution in [0.4, 0.5) is 0 Å². The van der Waals surface area contributed by atoms with Crippen molar-refractivity contribution in [3.8, 4) is 0 Å². The molecule has 5 atom stereocenters. The first-order chi connectivity index (χ1) is 10.1. The first-order valence-electron chi connectivity index (χ1n) is 8.21. The molecule has 1 unspecified atom stereocenters. The molecule has 1 saturated heterocycles. The van der Waals surface area contributed by atoms with E-state index in [-0.39, 0.29) is 35.2 Å². The summed E-state index contributed by atoms with van der Waals surface area (Å²) in [6.45, 7) is 11.0. The van der Waals surface area contributed by atoms with E-state index in [1.165, 1.54) is 7.11 Å². The highest BCUT2D eigenvalue weighted by molar-refractivity contribution is 7.63. The quantitative estimate of drug-likeness (QED) is 0.587. The van der Waals surface area contributed by atoms with Crippen molar-refractivity contribution in [3.63, 3.8) is 0 Å². The van der Waals surface area contributed by atoms with Gasteiger partial charge in [0, 0.05) is 11.5 Å². The fourth-order valence-electron chi connectivity index (χ4n) is 5.24. The van der Waals surface area contributed by atoms with Crippen molar-refractivity contribution in [1.82, 2.24) is 4.67 Å². The smallest absolute Gasteiger partial charge is 0.347 e. The highest BCUT2D eigenvalue weighted by atomic mass is 31.2. The van der Waals surface area contributed by atoms with Gasteiger partial charge in [-0.25, -0.2) is 9.32 Å². The monoisotopic (exact) mass is 329 g/mol. The fourth-order valence-corrected chi connectivity index (χ4v) is 8.14. The van der Waals surface area contributed by atoms with Crippen molar-refractivity contribution in [2.75, 3.05) is 13.3 Å². The second-order valence-electron chi connectivity index (χ2n) is 8.15. The van der Waals surface area contributed by atoms with Crippen molar-refractivity contribution in [2.45, 2.75) is 65.6 Å². The molecule has 0 N–H and O–H groups in total. The van der Waals surface area contributed by atoms with Gasteiger partial charge in [-0.15, -0.1) is 4.67 Å². The predicted molar refractivity (Wildman–Crippen MR) is 84.1 cm³/mol. The zero-order chi connectivity index (χ0) is 16.5. The molecular formula is C16H28NO4P. The van der Waals surface area contributed by atoms with Crippen molar-refractivity contribution >= 4 is 13.8 Å². The Morgan fingerprint density at radius 1 is 1.45 bits per heavy atom. The van der Waals surface area contributed by atoms with Crippen LogP contribution in [0, 0.1) is 16.7 Å². The molecule has 0 spiro atoms. The molecule has 2 bridgehead atoms. The van der Waals surface area contributed by atoms with Gasteiger partial charge in [-0.1, -0.05) is 20.8 Å². The maximum atomic E-state index is 13.4. The van der Waals surface area contributed by atoms with Crippen LogP contribution in [0.1, 0.15) is 47.5 Å². The van der Waals surface area contributed by atoms with Crippen LogP contribution in [-0.4, -0.2) is 42.1 Å². The highest BCUT2D eigenvalue weighted by Crippen LogP contribution is 2.77. The molecule has 5 nitrogen and oxygen atoms in total. The second-order valence-corrected chi connectivity index (χ2v) is 10.4. The van der Waals surface area contributed by atoms with Crippen molar-refractivity contribution in [2.24, 2.45) is 16.7 Å².